The second-order valence-corrected chi connectivity index (χ2v) is 6.16. The van der Waals surface area contributed by atoms with Crippen molar-refractivity contribution in [1.29, 1.82) is 0 Å². The van der Waals surface area contributed by atoms with Crippen molar-refractivity contribution < 1.29 is 14.6 Å². The molecule has 3 atom stereocenters. The van der Waals surface area contributed by atoms with Crippen LogP contribution >= 0.6 is 0 Å². The Bertz CT molecular complexity index is 504. The van der Waals surface area contributed by atoms with Crippen LogP contribution in [-0.4, -0.2) is 58.3 Å². The molecule has 1 saturated carbocycles. The smallest absolute Gasteiger partial charge is 0.257 e. The number of hydrogen-bond acceptors (Lipinski definition) is 5. The molecular formula is C16H25N3O3. The summed E-state index contributed by atoms with van der Waals surface area (Å²) in [6, 6.07) is -0.240. The zero-order valence-electron chi connectivity index (χ0n) is 13.7. The molecule has 0 bridgehead atoms. The molecule has 0 aromatic carbocycles. The lowest BCUT2D eigenvalue weighted by Gasteiger charge is -2.39. The highest BCUT2D eigenvalue weighted by atomic mass is 16.5. The zero-order valence-corrected chi connectivity index (χ0v) is 13.7. The first-order chi connectivity index (χ1) is 10.5. The van der Waals surface area contributed by atoms with Crippen LogP contribution in [0.3, 0.4) is 0 Å². The van der Waals surface area contributed by atoms with Crippen LogP contribution < -0.4 is 0 Å². The fraction of sp³-hybridized carbons (Fsp3) is 0.688. The summed E-state index contributed by atoms with van der Waals surface area (Å²) in [5, 5.41) is 10.4. The number of carbonyl (C=O) groups excluding carboxylic acids is 1. The van der Waals surface area contributed by atoms with Crippen LogP contribution in [0.5, 0.6) is 0 Å². The highest BCUT2D eigenvalue weighted by molar-refractivity contribution is 5.93. The Labute approximate surface area is 131 Å². The first-order valence-electron chi connectivity index (χ1n) is 7.75. The van der Waals surface area contributed by atoms with E-state index in [1.165, 1.54) is 0 Å². The number of carbonyl (C=O) groups is 1. The van der Waals surface area contributed by atoms with Crippen molar-refractivity contribution in [3.05, 3.63) is 23.8 Å². The molecule has 1 fully saturated rings. The molecule has 0 radical (unpaired) electrons. The molecule has 122 valence electrons. The fourth-order valence-corrected chi connectivity index (χ4v) is 2.90. The van der Waals surface area contributed by atoms with Crippen LogP contribution in [0.1, 0.15) is 55.2 Å². The van der Waals surface area contributed by atoms with E-state index in [0.717, 1.165) is 25.1 Å². The van der Waals surface area contributed by atoms with E-state index in [1.807, 2.05) is 13.8 Å². The maximum atomic E-state index is 12.6. The summed E-state index contributed by atoms with van der Waals surface area (Å²) in [5.74, 6) is 0.775. The van der Waals surface area contributed by atoms with Crippen LogP contribution in [0.15, 0.2) is 12.4 Å². The van der Waals surface area contributed by atoms with E-state index in [0.29, 0.717) is 5.56 Å². The number of amides is 1. The molecule has 0 unspecified atom stereocenters. The zero-order chi connectivity index (χ0) is 16.3. The van der Waals surface area contributed by atoms with Gasteiger partial charge in [0.25, 0.3) is 5.91 Å². The number of likely N-dealkylation sites (N-methyl/N-ethyl adjacent to an activating group) is 1. The van der Waals surface area contributed by atoms with Gasteiger partial charge >= 0.3 is 0 Å². The molecule has 1 aromatic heterocycles. The number of aromatic nitrogens is 2. The number of aliphatic hydroxyl groups is 1. The van der Waals surface area contributed by atoms with E-state index in [9.17, 15) is 9.90 Å². The summed E-state index contributed by atoms with van der Waals surface area (Å²) in [5.41, 5.74) is 0.443. The summed E-state index contributed by atoms with van der Waals surface area (Å²) in [6.45, 7) is 4.01. The van der Waals surface area contributed by atoms with Gasteiger partial charge in [-0.1, -0.05) is 13.8 Å². The molecule has 1 aliphatic carbocycles. The van der Waals surface area contributed by atoms with Gasteiger partial charge in [-0.25, -0.2) is 9.97 Å². The van der Waals surface area contributed by atoms with Gasteiger partial charge in [0, 0.05) is 32.5 Å². The Kier molecular flexibility index (Phi) is 5.47. The van der Waals surface area contributed by atoms with Crippen LogP contribution in [0.2, 0.25) is 0 Å². The van der Waals surface area contributed by atoms with E-state index in [2.05, 4.69) is 9.97 Å². The van der Waals surface area contributed by atoms with Crippen molar-refractivity contribution >= 4 is 5.91 Å². The maximum Gasteiger partial charge on any atom is 0.257 e. The Hall–Kier alpha value is -1.53. The van der Waals surface area contributed by atoms with Crippen molar-refractivity contribution in [3.63, 3.8) is 0 Å². The van der Waals surface area contributed by atoms with Gasteiger partial charge in [-0.15, -0.1) is 0 Å². The van der Waals surface area contributed by atoms with Crippen LogP contribution in [0.25, 0.3) is 0 Å². The number of aliphatic hydroxyl groups excluding tert-OH is 1. The van der Waals surface area contributed by atoms with Crippen molar-refractivity contribution in [3.8, 4) is 0 Å². The summed E-state index contributed by atoms with van der Waals surface area (Å²) in [6.07, 6.45) is 4.77. The van der Waals surface area contributed by atoms with E-state index < -0.39 is 6.10 Å². The predicted molar refractivity (Wildman–Crippen MR) is 82.7 cm³/mol. The molecule has 1 aromatic rings. The van der Waals surface area contributed by atoms with Gasteiger partial charge in [-0.3, -0.25) is 4.79 Å². The third-order valence-corrected chi connectivity index (χ3v) is 4.32. The second-order valence-electron chi connectivity index (χ2n) is 6.16. The predicted octanol–water partition coefficient (Wildman–Crippen LogP) is 1.60. The van der Waals surface area contributed by atoms with E-state index in [-0.39, 0.29) is 24.0 Å². The van der Waals surface area contributed by atoms with Crippen molar-refractivity contribution in [1.82, 2.24) is 14.9 Å². The topological polar surface area (TPSA) is 75.5 Å². The minimum absolute atomic E-state index is 0.170. The van der Waals surface area contributed by atoms with Gasteiger partial charge in [0.2, 0.25) is 0 Å². The van der Waals surface area contributed by atoms with E-state index >= 15 is 0 Å². The van der Waals surface area contributed by atoms with Gasteiger partial charge in [-0.2, -0.15) is 0 Å². The van der Waals surface area contributed by atoms with Crippen molar-refractivity contribution in [2.45, 2.75) is 57.3 Å². The van der Waals surface area contributed by atoms with Crippen LogP contribution in [0.4, 0.5) is 0 Å². The highest BCUT2D eigenvalue weighted by Gasteiger charge is 2.36. The molecular weight excluding hydrogens is 282 g/mol. The molecule has 6 heteroatoms. The lowest BCUT2D eigenvalue weighted by atomic mass is 9.89. The first-order valence-corrected chi connectivity index (χ1v) is 7.75. The highest BCUT2D eigenvalue weighted by Crippen LogP contribution is 2.25. The SMILES string of the molecule is CO[C@@H]1CCC[C@@H](N(C)C(=O)c2cnc(C(C)C)nc2)[C@H]1O. The fourth-order valence-electron chi connectivity index (χ4n) is 2.90. The molecule has 0 spiro atoms. The molecule has 1 aliphatic rings. The number of methoxy groups -OCH3 is 1. The van der Waals surface area contributed by atoms with Crippen molar-refractivity contribution in [2.75, 3.05) is 14.2 Å². The Morgan fingerprint density at radius 2 is 2.00 bits per heavy atom. The normalized spacial score (nSPS) is 25.3. The molecule has 22 heavy (non-hydrogen) atoms. The standard InChI is InChI=1S/C16H25N3O3/c1-10(2)15-17-8-11(9-18-15)16(21)19(3)12-6-5-7-13(22-4)14(12)20/h8-10,12-14,20H,5-7H2,1-4H3/t12-,13-,14-/m1/s1. The molecule has 0 saturated heterocycles. The molecule has 1 heterocycles. The number of hydrogen-bond donors (Lipinski definition) is 1. The molecule has 6 nitrogen and oxygen atoms in total. The Balaban J connectivity index is 2.11. The van der Waals surface area contributed by atoms with Crippen LogP contribution in [0, 0.1) is 0 Å². The quantitative estimate of drug-likeness (QED) is 0.914. The average molecular weight is 307 g/mol. The van der Waals surface area contributed by atoms with Crippen molar-refractivity contribution in [2.24, 2.45) is 0 Å². The summed E-state index contributed by atoms with van der Waals surface area (Å²) in [4.78, 5) is 22.6. The monoisotopic (exact) mass is 307 g/mol. The molecule has 2 rings (SSSR count). The first kappa shape index (κ1) is 16.8. The van der Waals surface area contributed by atoms with Crippen LogP contribution in [-0.2, 0) is 4.74 Å². The van der Waals surface area contributed by atoms with Gasteiger partial charge < -0.3 is 14.7 Å². The van der Waals surface area contributed by atoms with E-state index in [1.54, 1.807) is 31.5 Å². The third-order valence-electron chi connectivity index (χ3n) is 4.32. The Morgan fingerprint density at radius 3 is 2.55 bits per heavy atom. The lowest BCUT2D eigenvalue weighted by molar-refractivity contribution is -0.0714. The number of ether oxygens (including phenoxy) is 1. The summed E-state index contributed by atoms with van der Waals surface area (Å²) >= 11 is 0. The van der Waals surface area contributed by atoms with Gasteiger partial charge in [-0.05, 0) is 19.3 Å². The summed E-state index contributed by atoms with van der Waals surface area (Å²) < 4.78 is 5.30. The molecule has 0 aliphatic heterocycles. The van der Waals surface area contributed by atoms with E-state index in [4.69, 9.17) is 4.74 Å². The minimum Gasteiger partial charge on any atom is -0.388 e. The summed E-state index contributed by atoms with van der Waals surface area (Å²) in [7, 11) is 3.31. The lowest BCUT2D eigenvalue weighted by Crippen LogP contribution is -2.52. The van der Waals surface area contributed by atoms with Gasteiger partial charge in [0.15, 0.2) is 0 Å². The third kappa shape index (κ3) is 3.44. The molecule has 1 N–H and O–H groups in total. The maximum absolute atomic E-state index is 12.6. The average Bonchev–Trinajstić information content (AvgIpc) is 2.54. The molecule has 1 amide bonds. The van der Waals surface area contributed by atoms with Gasteiger partial charge in [0.05, 0.1) is 17.7 Å². The van der Waals surface area contributed by atoms with Gasteiger partial charge in [0.1, 0.15) is 11.9 Å². The minimum atomic E-state index is -0.663. The Morgan fingerprint density at radius 1 is 1.36 bits per heavy atom. The second kappa shape index (κ2) is 7.15. The number of nitrogens with zero attached hydrogens (tertiary/aromatic N) is 3. The largest absolute Gasteiger partial charge is 0.388 e. The number of rotatable bonds is 4.